The highest BCUT2D eigenvalue weighted by Crippen LogP contribution is 2.16. The van der Waals surface area contributed by atoms with Gasteiger partial charge in [0.1, 0.15) is 16.0 Å². The molecule has 1 saturated heterocycles. The van der Waals surface area contributed by atoms with Crippen LogP contribution in [0.2, 0.25) is 0 Å². The number of rotatable bonds is 3. The lowest BCUT2D eigenvalue weighted by Crippen LogP contribution is -2.34. The van der Waals surface area contributed by atoms with Crippen LogP contribution in [0.4, 0.5) is 0 Å². The van der Waals surface area contributed by atoms with Crippen LogP contribution in [0, 0.1) is 0 Å². The van der Waals surface area contributed by atoms with E-state index in [4.69, 9.17) is 4.18 Å². The monoisotopic (exact) mass is 204 g/mol. The van der Waals surface area contributed by atoms with Crippen molar-refractivity contribution < 1.29 is 12.9 Å². The quantitative estimate of drug-likeness (QED) is 0.389. The Labute approximate surface area is 80.8 Å². The number of quaternary nitrogens is 1. The van der Waals surface area contributed by atoms with Crippen LogP contribution in [0.25, 0.3) is 0 Å². The van der Waals surface area contributed by atoms with Crippen molar-refractivity contribution in [3.05, 3.63) is 12.5 Å². The van der Waals surface area contributed by atoms with Gasteiger partial charge in [0.15, 0.2) is 6.26 Å². The van der Waals surface area contributed by atoms with Crippen molar-refractivity contribution in [3.63, 3.8) is 0 Å². The normalized spacial score (nSPS) is 26.0. The first-order valence-corrected chi connectivity index (χ1v) is 6.50. The zero-order valence-corrected chi connectivity index (χ0v) is 9.18. The van der Waals surface area contributed by atoms with Crippen molar-refractivity contribution in [2.45, 2.75) is 12.8 Å². The molecule has 0 aromatic heterocycles. The van der Waals surface area contributed by atoms with Crippen LogP contribution in [0.15, 0.2) is 12.5 Å². The van der Waals surface area contributed by atoms with Crippen LogP contribution in [0.3, 0.4) is 0 Å². The van der Waals surface area contributed by atoms with Crippen molar-refractivity contribution in [2.24, 2.45) is 0 Å². The molecule has 76 valence electrons. The first kappa shape index (κ1) is 10.6. The molecule has 0 aromatic carbocycles. The van der Waals surface area contributed by atoms with Crippen LogP contribution < -0.4 is 0 Å². The van der Waals surface area contributed by atoms with E-state index in [0.717, 1.165) is 17.6 Å². The second-order valence-electron chi connectivity index (χ2n) is 3.94. The summed E-state index contributed by atoms with van der Waals surface area (Å²) in [6.45, 7) is 2.28. The lowest BCUT2D eigenvalue weighted by atomic mass is 10.4. The molecular weight excluding hydrogens is 186 g/mol. The first-order valence-electron chi connectivity index (χ1n) is 4.44. The Morgan fingerprint density at radius 3 is 2.46 bits per heavy atom. The van der Waals surface area contributed by atoms with Gasteiger partial charge in [0.2, 0.25) is 0 Å². The minimum Gasteiger partial charge on any atom is -0.411 e. The van der Waals surface area contributed by atoms with E-state index in [9.17, 15) is 4.21 Å². The summed E-state index contributed by atoms with van der Waals surface area (Å²) < 4.78 is 16.9. The maximum Gasteiger partial charge on any atom is 0.156 e. The van der Waals surface area contributed by atoms with Crippen molar-refractivity contribution in [3.8, 4) is 0 Å². The third kappa shape index (κ3) is 3.83. The Bertz CT molecular complexity index is 287. The van der Waals surface area contributed by atoms with Crippen LogP contribution in [-0.2, 0) is 14.0 Å². The van der Waals surface area contributed by atoms with Gasteiger partial charge in [-0.1, -0.05) is 0 Å². The Kier molecular flexibility index (Phi) is 3.03. The summed E-state index contributed by atoms with van der Waals surface area (Å²) in [5.41, 5.74) is 0. The summed E-state index contributed by atoms with van der Waals surface area (Å²) >= 11 is 0. The molecule has 1 aliphatic rings. The second-order valence-corrected chi connectivity index (χ2v) is 5.98. The fourth-order valence-electron chi connectivity index (χ4n) is 1.50. The minimum absolute atomic E-state index is 0.884. The number of hydrogen-bond acceptors (Lipinski definition) is 2. The molecule has 0 N–H and O–H groups in total. The standard InChI is InChI=1S/C9H18NO2S/c1-10(6-4-5-7-10)8-9-12-13(2,3)11/h8-9H,2,4-7H2,1,3H3/q+1/b9-8+. The van der Waals surface area contributed by atoms with Crippen LogP contribution >= 0.6 is 0 Å². The summed E-state index contributed by atoms with van der Waals surface area (Å²) in [6, 6.07) is 0. The summed E-state index contributed by atoms with van der Waals surface area (Å²) in [5.74, 6) is 3.40. The molecule has 4 heteroatoms. The van der Waals surface area contributed by atoms with E-state index < -0.39 is 9.80 Å². The predicted octanol–water partition coefficient (Wildman–Crippen LogP) is 0.976. The van der Waals surface area contributed by atoms with Gasteiger partial charge in [-0.3, -0.25) is 4.48 Å². The van der Waals surface area contributed by atoms with E-state index in [1.54, 1.807) is 0 Å². The molecule has 1 heterocycles. The van der Waals surface area contributed by atoms with Crippen LogP contribution in [0.1, 0.15) is 12.8 Å². The first-order chi connectivity index (χ1) is 5.91. The topological polar surface area (TPSA) is 26.3 Å². The molecule has 1 fully saturated rings. The molecule has 0 radical (unpaired) electrons. The smallest absolute Gasteiger partial charge is 0.156 e. The van der Waals surface area contributed by atoms with E-state index in [1.807, 2.05) is 6.20 Å². The molecule has 1 atom stereocenters. The van der Waals surface area contributed by atoms with Crippen molar-refractivity contribution in [1.82, 2.24) is 0 Å². The molecule has 1 aliphatic heterocycles. The zero-order chi connectivity index (χ0) is 9.95. The highest BCUT2D eigenvalue weighted by atomic mass is 32.2. The summed E-state index contributed by atoms with van der Waals surface area (Å²) in [5, 5.41) is 0. The maximum absolute atomic E-state index is 11.1. The molecule has 0 amide bonds. The fraction of sp³-hybridized carbons (Fsp3) is 0.667. The van der Waals surface area contributed by atoms with E-state index >= 15 is 0 Å². The average molecular weight is 204 g/mol. The van der Waals surface area contributed by atoms with Gasteiger partial charge in [-0.25, -0.2) is 4.21 Å². The predicted molar refractivity (Wildman–Crippen MR) is 56.6 cm³/mol. The second kappa shape index (κ2) is 3.72. The summed E-state index contributed by atoms with van der Waals surface area (Å²) in [6.07, 6.45) is 7.49. The third-order valence-electron chi connectivity index (χ3n) is 2.27. The minimum atomic E-state index is -2.34. The van der Waals surface area contributed by atoms with Crippen molar-refractivity contribution in [1.29, 1.82) is 0 Å². The number of nitrogens with zero attached hydrogens (tertiary/aromatic N) is 1. The summed E-state index contributed by atoms with van der Waals surface area (Å²) in [4.78, 5) is 0. The highest BCUT2D eigenvalue weighted by Gasteiger charge is 2.24. The molecule has 0 spiro atoms. The van der Waals surface area contributed by atoms with Gasteiger partial charge in [0.25, 0.3) is 0 Å². The molecule has 3 nitrogen and oxygen atoms in total. The van der Waals surface area contributed by atoms with Gasteiger partial charge in [0.05, 0.1) is 20.1 Å². The molecule has 0 aromatic rings. The van der Waals surface area contributed by atoms with Crippen molar-refractivity contribution in [2.75, 3.05) is 26.4 Å². The van der Waals surface area contributed by atoms with Gasteiger partial charge in [-0.15, -0.1) is 0 Å². The Balaban J connectivity index is 2.48. The molecular formula is C9H18NO2S+. The largest absolute Gasteiger partial charge is 0.411 e. The fourth-order valence-corrected chi connectivity index (χ4v) is 1.78. The summed E-state index contributed by atoms with van der Waals surface area (Å²) in [7, 11) is -0.193. The molecule has 13 heavy (non-hydrogen) atoms. The Hall–Kier alpha value is -0.480. The van der Waals surface area contributed by atoms with Crippen molar-refractivity contribution >= 4 is 15.7 Å². The van der Waals surface area contributed by atoms with E-state index in [0.29, 0.717) is 0 Å². The Morgan fingerprint density at radius 1 is 1.46 bits per heavy atom. The molecule has 0 bridgehead atoms. The van der Waals surface area contributed by atoms with Gasteiger partial charge in [-0.2, -0.15) is 0 Å². The molecule has 0 saturated carbocycles. The Morgan fingerprint density at radius 2 is 2.00 bits per heavy atom. The maximum atomic E-state index is 11.1. The van der Waals surface area contributed by atoms with E-state index in [2.05, 4.69) is 12.9 Å². The molecule has 0 aliphatic carbocycles. The zero-order valence-electron chi connectivity index (χ0n) is 8.36. The molecule has 1 unspecified atom stereocenters. The molecule has 1 rings (SSSR count). The van der Waals surface area contributed by atoms with Gasteiger partial charge < -0.3 is 4.18 Å². The van der Waals surface area contributed by atoms with Gasteiger partial charge in [-0.05, 0) is 5.87 Å². The van der Waals surface area contributed by atoms with Crippen LogP contribution in [-0.4, -0.2) is 41.0 Å². The van der Waals surface area contributed by atoms with Gasteiger partial charge in [0, 0.05) is 19.1 Å². The lowest BCUT2D eigenvalue weighted by molar-refractivity contribution is -0.846. The van der Waals surface area contributed by atoms with Crippen LogP contribution in [0.5, 0.6) is 0 Å². The third-order valence-corrected chi connectivity index (χ3v) is 2.79. The highest BCUT2D eigenvalue weighted by molar-refractivity contribution is 7.95. The van der Waals surface area contributed by atoms with E-state index in [1.165, 1.54) is 25.4 Å². The van der Waals surface area contributed by atoms with E-state index in [-0.39, 0.29) is 0 Å². The number of hydrogen-bond donors (Lipinski definition) is 0. The number of likely N-dealkylation sites (tertiary alicyclic amines) is 1. The SMILES string of the molecule is C=S(C)(=O)O/C=C/[N+]1(C)CCCC1. The van der Waals surface area contributed by atoms with Gasteiger partial charge >= 0.3 is 0 Å². The lowest BCUT2D eigenvalue weighted by Gasteiger charge is -2.23. The average Bonchev–Trinajstić information content (AvgIpc) is 2.33.